The first-order chi connectivity index (χ1) is 12.2. The molecule has 2 atom stereocenters. The Morgan fingerprint density at radius 1 is 1.24 bits per heavy atom. The third-order valence-corrected chi connectivity index (χ3v) is 5.83. The van der Waals surface area contributed by atoms with Crippen LogP contribution in [-0.2, 0) is 11.8 Å². The van der Waals surface area contributed by atoms with Crippen LogP contribution in [0.15, 0.2) is 18.6 Å². The van der Waals surface area contributed by atoms with Gasteiger partial charge in [0.05, 0.1) is 23.6 Å². The van der Waals surface area contributed by atoms with Crippen LogP contribution in [0.2, 0.25) is 0 Å². The van der Waals surface area contributed by atoms with E-state index in [0.717, 1.165) is 31.1 Å². The van der Waals surface area contributed by atoms with Gasteiger partial charge in [0.2, 0.25) is 0 Å². The van der Waals surface area contributed by atoms with Crippen molar-refractivity contribution in [3.05, 3.63) is 30.1 Å². The van der Waals surface area contributed by atoms with E-state index in [0.29, 0.717) is 12.0 Å². The highest BCUT2D eigenvalue weighted by Gasteiger charge is 2.30. The van der Waals surface area contributed by atoms with Crippen molar-refractivity contribution < 1.29 is 4.74 Å². The highest BCUT2D eigenvalue weighted by molar-refractivity contribution is 5.46. The lowest BCUT2D eigenvalue weighted by molar-refractivity contribution is -0.0304. The highest BCUT2D eigenvalue weighted by Crippen LogP contribution is 2.34. The van der Waals surface area contributed by atoms with E-state index in [4.69, 9.17) is 4.74 Å². The Kier molecular flexibility index (Phi) is 4.79. The third-order valence-electron chi connectivity index (χ3n) is 5.83. The molecular formula is C19H29N5O. The van der Waals surface area contributed by atoms with Gasteiger partial charge >= 0.3 is 0 Å². The van der Waals surface area contributed by atoms with Crippen molar-refractivity contribution in [2.75, 3.05) is 18.5 Å². The second-order valence-corrected chi connectivity index (χ2v) is 7.50. The van der Waals surface area contributed by atoms with Crippen LogP contribution in [0, 0.1) is 12.8 Å². The van der Waals surface area contributed by atoms with Crippen LogP contribution in [0.25, 0.3) is 0 Å². The van der Waals surface area contributed by atoms with Crippen molar-refractivity contribution in [3.8, 4) is 0 Å². The third kappa shape index (κ3) is 3.32. The number of nitrogens with one attached hydrogen (secondary N) is 1. The highest BCUT2D eigenvalue weighted by atomic mass is 16.5. The summed E-state index contributed by atoms with van der Waals surface area (Å²) in [6.45, 7) is 3.91. The average Bonchev–Trinajstić information content (AvgIpc) is 3.35. The summed E-state index contributed by atoms with van der Waals surface area (Å²) in [7, 11) is 2.04. The summed E-state index contributed by atoms with van der Waals surface area (Å²) in [4.78, 5) is 4.51. The van der Waals surface area contributed by atoms with Crippen LogP contribution in [0.4, 0.5) is 5.69 Å². The van der Waals surface area contributed by atoms with E-state index < -0.39 is 0 Å². The number of ether oxygens (including phenoxy) is 1. The van der Waals surface area contributed by atoms with Crippen LogP contribution in [0.3, 0.4) is 0 Å². The van der Waals surface area contributed by atoms with Gasteiger partial charge in [-0.1, -0.05) is 12.8 Å². The van der Waals surface area contributed by atoms with E-state index in [-0.39, 0.29) is 6.10 Å². The zero-order valence-corrected chi connectivity index (χ0v) is 15.3. The summed E-state index contributed by atoms with van der Waals surface area (Å²) >= 11 is 0. The Morgan fingerprint density at radius 3 is 2.84 bits per heavy atom. The fourth-order valence-corrected chi connectivity index (χ4v) is 4.34. The summed E-state index contributed by atoms with van der Waals surface area (Å²) in [6, 6.07) is 0.592. The molecule has 3 heterocycles. The zero-order chi connectivity index (χ0) is 17.2. The van der Waals surface area contributed by atoms with Crippen molar-refractivity contribution in [3.63, 3.8) is 0 Å². The monoisotopic (exact) mass is 343 g/mol. The first-order valence-corrected chi connectivity index (χ1v) is 9.61. The average molecular weight is 343 g/mol. The maximum absolute atomic E-state index is 6.08. The van der Waals surface area contributed by atoms with Gasteiger partial charge in [-0.3, -0.25) is 4.68 Å². The van der Waals surface area contributed by atoms with E-state index in [9.17, 15) is 0 Å². The lowest BCUT2D eigenvalue weighted by Gasteiger charge is -2.31. The molecule has 0 amide bonds. The maximum Gasteiger partial charge on any atom is 0.138 e. The quantitative estimate of drug-likeness (QED) is 0.901. The fraction of sp³-hybridized carbons (Fsp3) is 0.684. The Morgan fingerprint density at radius 2 is 2.08 bits per heavy atom. The number of aromatic nitrogens is 4. The SMILES string of the molecule is Cc1c(NC[C@@H]2CCCO[C@H]2c2nccn2C)cnn1C1CCCC1. The molecule has 25 heavy (non-hydrogen) atoms. The first-order valence-electron chi connectivity index (χ1n) is 9.61. The van der Waals surface area contributed by atoms with Crippen molar-refractivity contribution in [1.29, 1.82) is 0 Å². The van der Waals surface area contributed by atoms with Crippen molar-refractivity contribution in [2.24, 2.45) is 13.0 Å². The summed E-state index contributed by atoms with van der Waals surface area (Å²) in [5.41, 5.74) is 2.42. The largest absolute Gasteiger partial charge is 0.382 e. The molecule has 1 N–H and O–H groups in total. The van der Waals surface area contributed by atoms with Crippen LogP contribution < -0.4 is 5.32 Å². The van der Waals surface area contributed by atoms with Crippen LogP contribution in [-0.4, -0.2) is 32.5 Å². The molecule has 2 aromatic rings. The van der Waals surface area contributed by atoms with Gasteiger partial charge < -0.3 is 14.6 Å². The molecule has 1 aliphatic carbocycles. The Bertz CT molecular complexity index is 700. The van der Waals surface area contributed by atoms with E-state index in [1.54, 1.807) is 0 Å². The second kappa shape index (κ2) is 7.20. The topological polar surface area (TPSA) is 56.9 Å². The predicted molar refractivity (Wildman–Crippen MR) is 97.6 cm³/mol. The zero-order valence-electron chi connectivity index (χ0n) is 15.3. The minimum atomic E-state index is 0.0754. The number of anilines is 1. The molecule has 0 spiro atoms. The minimum absolute atomic E-state index is 0.0754. The van der Waals surface area contributed by atoms with Gasteiger partial charge in [0, 0.05) is 38.5 Å². The summed E-state index contributed by atoms with van der Waals surface area (Å²) in [6.07, 6.45) is 13.4. The molecule has 0 radical (unpaired) electrons. The molecule has 1 aliphatic heterocycles. The second-order valence-electron chi connectivity index (χ2n) is 7.50. The van der Waals surface area contributed by atoms with Crippen molar-refractivity contribution >= 4 is 5.69 Å². The molecule has 136 valence electrons. The van der Waals surface area contributed by atoms with Gasteiger partial charge in [-0.2, -0.15) is 5.10 Å². The minimum Gasteiger partial charge on any atom is -0.382 e. The van der Waals surface area contributed by atoms with Gasteiger partial charge in [0.25, 0.3) is 0 Å². The first kappa shape index (κ1) is 16.6. The van der Waals surface area contributed by atoms with E-state index in [1.807, 2.05) is 25.6 Å². The normalized spacial score (nSPS) is 24.7. The summed E-state index contributed by atoms with van der Waals surface area (Å²) in [5, 5.41) is 8.29. The fourth-order valence-electron chi connectivity index (χ4n) is 4.34. The number of hydrogen-bond acceptors (Lipinski definition) is 4. The van der Waals surface area contributed by atoms with Gasteiger partial charge in [-0.15, -0.1) is 0 Å². The molecule has 0 unspecified atom stereocenters. The number of nitrogens with zero attached hydrogens (tertiary/aromatic N) is 4. The van der Waals surface area contributed by atoms with E-state index in [1.165, 1.54) is 37.8 Å². The number of imidazole rings is 1. The Hall–Kier alpha value is -1.82. The Balaban J connectivity index is 1.44. The van der Waals surface area contributed by atoms with Gasteiger partial charge in [0.1, 0.15) is 11.9 Å². The lowest BCUT2D eigenvalue weighted by Crippen LogP contribution is -2.30. The molecule has 2 fully saturated rings. The molecule has 2 aliphatic rings. The van der Waals surface area contributed by atoms with Gasteiger partial charge in [0.15, 0.2) is 0 Å². The lowest BCUT2D eigenvalue weighted by atomic mass is 9.93. The van der Waals surface area contributed by atoms with Crippen LogP contribution in [0.5, 0.6) is 0 Å². The van der Waals surface area contributed by atoms with Crippen LogP contribution >= 0.6 is 0 Å². The molecule has 0 aromatic carbocycles. The van der Waals surface area contributed by atoms with Crippen LogP contribution in [0.1, 0.15) is 62.2 Å². The van der Waals surface area contributed by atoms with Crippen molar-refractivity contribution in [2.45, 2.75) is 57.6 Å². The Labute approximate surface area is 149 Å². The molecule has 1 saturated heterocycles. The standard InChI is InChI=1S/C19H29N5O/c1-14-17(13-22-24(14)16-7-3-4-8-16)21-12-15-6-5-11-25-18(15)19-20-9-10-23(19)2/h9-10,13,15-16,18,21H,3-8,11-12H2,1-2H3/t15-,18+/m0/s1. The predicted octanol–water partition coefficient (Wildman–Crippen LogP) is 3.62. The molecule has 4 rings (SSSR count). The molecule has 6 heteroatoms. The number of hydrogen-bond donors (Lipinski definition) is 1. The molecule has 1 saturated carbocycles. The van der Waals surface area contributed by atoms with Crippen molar-refractivity contribution in [1.82, 2.24) is 19.3 Å². The van der Waals surface area contributed by atoms with E-state index in [2.05, 4.69) is 31.6 Å². The van der Waals surface area contributed by atoms with Gasteiger partial charge in [-0.25, -0.2) is 4.98 Å². The molecule has 2 aromatic heterocycles. The molecule has 0 bridgehead atoms. The number of aryl methyl sites for hydroxylation is 1. The van der Waals surface area contributed by atoms with E-state index >= 15 is 0 Å². The molecular weight excluding hydrogens is 314 g/mol. The smallest absolute Gasteiger partial charge is 0.138 e. The van der Waals surface area contributed by atoms with Gasteiger partial charge in [-0.05, 0) is 32.6 Å². The summed E-state index contributed by atoms with van der Waals surface area (Å²) in [5.74, 6) is 1.47. The molecule has 6 nitrogen and oxygen atoms in total. The maximum atomic E-state index is 6.08. The summed E-state index contributed by atoms with van der Waals surface area (Å²) < 4.78 is 10.4. The number of rotatable bonds is 5.